The fourth-order valence-electron chi connectivity index (χ4n) is 10.6. The van der Waals surface area contributed by atoms with Crippen molar-refractivity contribution < 1.29 is 0 Å². The molecule has 0 aromatic heterocycles. The van der Waals surface area contributed by atoms with Crippen molar-refractivity contribution in [3.05, 3.63) is 203 Å². The second kappa shape index (κ2) is 14.2. The van der Waals surface area contributed by atoms with E-state index < -0.39 is 10.0 Å². The third-order valence-electron chi connectivity index (χ3n) is 13.6. The van der Waals surface area contributed by atoms with Crippen molar-refractivity contribution >= 4 is 67.1 Å². The van der Waals surface area contributed by atoms with Gasteiger partial charge in [-0.3, -0.25) is 0 Å². The Morgan fingerprint density at radius 3 is 1.73 bits per heavy atom. The molecule has 8 aromatic carbocycles. The Bertz CT molecular complexity index is 2930. The van der Waals surface area contributed by atoms with E-state index in [0.29, 0.717) is 0 Å². The lowest BCUT2D eigenvalue weighted by atomic mass is 9.81. The summed E-state index contributed by atoms with van der Waals surface area (Å²) in [5.41, 5.74) is 17.7. The molecule has 294 valence electrons. The molecule has 8 aromatic rings. The summed E-state index contributed by atoms with van der Waals surface area (Å²) in [5.74, 6) is 2.60. The fourth-order valence-corrected chi connectivity index (χ4v) is 15.1. The highest BCUT2D eigenvalue weighted by Crippen LogP contribution is 2.74. The molecule has 2 heterocycles. The summed E-state index contributed by atoms with van der Waals surface area (Å²) < 4.78 is 0. The van der Waals surface area contributed by atoms with E-state index >= 15 is 0 Å². The minimum absolute atomic E-state index is 0.165. The Labute approximate surface area is 356 Å². The predicted molar refractivity (Wildman–Crippen MR) is 259 cm³/mol. The molecule has 1 spiro atoms. The van der Waals surface area contributed by atoms with Crippen LogP contribution in [0.25, 0.3) is 34.1 Å². The van der Waals surface area contributed by atoms with E-state index in [1.54, 1.807) is 9.79 Å². The van der Waals surface area contributed by atoms with Crippen molar-refractivity contribution in [1.29, 1.82) is 0 Å². The standard InChI is InChI=1S/C57H50N2S/c1-39-17-5-7-22-50(39)58(51-23-8-6-18-40(51)2)43-32-34-46-45-33-30-41(37-48(45)57(3,4)49(46)38-43)29-31-42-19-15-21-47-44(42)20-16-26-52(47)59-53-24-9-11-27-55(53)60(35-13-14-36-60)56-28-12-10-25-54(56)59/h5-12,15-34,37-38H,13-14,35-36H2,1-4H3/b31-29+. The molecule has 11 rings (SSSR count). The number of benzene rings is 8. The van der Waals surface area contributed by atoms with Gasteiger partial charge in [-0.1, -0.05) is 141 Å². The molecule has 1 saturated heterocycles. The molecule has 0 atom stereocenters. The van der Waals surface area contributed by atoms with Gasteiger partial charge < -0.3 is 9.80 Å². The molecule has 0 radical (unpaired) electrons. The van der Waals surface area contributed by atoms with E-state index in [-0.39, 0.29) is 5.41 Å². The van der Waals surface area contributed by atoms with Crippen molar-refractivity contribution in [1.82, 2.24) is 0 Å². The number of fused-ring (bicyclic) bond motifs is 8. The maximum atomic E-state index is 2.56. The monoisotopic (exact) mass is 794 g/mol. The van der Waals surface area contributed by atoms with Gasteiger partial charge in [0.25, 0.3) is 0 Å². The Kier molecular flexibility index (Phi) is 8.69. The molecular weight excluding hydrogens is 745 g/mol. The number of para-hydroxylation sites is 4. The van der Waals surface area contributed by atoms with E-state index in [4.69, 9.17) is 0 Å². The Morgan fingerprint density at radius 1 is 0.517 bits per heavy atom. The molecule has 60 heavy (non-hydrogen) atoms. The number of aryl methyl sites for hydroxylation is 2. The Balaban J connectivity index is 0.952. The van der Waals surface area contributed by atoms with E-state index in [1.165, 1.54) is 114 Å². The van der Waals surface area contributed by atoms with Gasteiger partial charge in [0, 0.05) is 37.7 Å². The van der Waals surface area contributed by atoms with Crippen LogP contribution in [0.2, 0.25) is 0 Å². The average molecular weight is 795 g/mol. The quantitative estimate of drug-likeness (QED) is 0.155. The highest BCUT2D eigenvalue weighted by atomic mass is 32.3. The second-order valence-electron chi connectivity index (χ2n) is 17.4. The minimum Gasteiger partial charge on any atom is -0.310 e. The number of hydrogen-bond acceptors (Lipinski definition) is 2. The lowest BCUT2D eigenvalue weighted by Crippen LogP contribution is -2.22. The van der Waals surface area contributed by atoms with Crippen molar-refractivity contribution in [2.24, 2.45) is 0 Å². The maximum Gasteiger partial charge on any atom is 0.0586 e. The van der Waals surface area contributed by atoms with E-state index in [9.17, 15) is 0 Å². The van der Waals surface area contributed by atoms with Crippen LogP contribution in [-0.4, -0.2) is 11.5 Å². The van der Waals surface area contributed by atoms with Gasteiger partial charge >= 0.3 is 0 Å². The van der Waals surface area contributed by atoms with Gasteiger partial charge in [-0.15, -0.1) is 0 Å². The first-order valence-electron chi connectivity index (χ1n) is 21.5. The van der Waals surface area contributed by atoms with E-state index in [2.05, 4.69) is 220 Å². The molecule has 3 heteroatoms. The van der Waals surface area contributed by atoms with Crippen LogP contribution in [-0.2, 0) is 5.41 Å². The normalized spacial score (nSPS) is 16.1. The van der Waals surface area contributed by atoms with E-state index in [0.717, 1.165) is 0 Å². The molecule has 0 N–H and O–H groups in total. The zero-order valence-corrected chi connectivity index (χ0v) is 35.8. The SMILES string of the molecule is Cc1ccccc1N(c1ccc2c(c1)C(C)(C)c1cc(/C=C/c3cccc4c(N5c6ccccc6S6(CCCC6)c6ccccc65)cccc34)ccc1-2)c1ccccc1C. The molecule has 3 aliphatic rings. The summed E-state index contributed by atoms with van der Waals surface area (Å²) in [5, 5.41) is 2.54. The fraction of sp³-hybridized carbons (Fsp3) is 0.158. The summed E-state index contributed by atoms with van der Waals surface area (Å²) in [4.78, 5) is 8.11. The zero-order chi connectivity index (χ0) is 40.6. The van der Waals surface area contributed by atoms with Crippen molar-refractivity contribution in [2.45, 2.75) is 55.7 Å². The highest BCUT2D eigenvalue weighted by Gasteiger charge is 2.42. The largest absolute Gasteiger partial charge is 0.310 e. The van der Waals surface area contributed by atoms with Gasteiger partial charge in [0.15, 0.2) is 0 Å². The summed E-state index contributed by atoms with van der Waals surface area (Å²) in [6, 6.07) is 63.8. The summed E-state index contributed by atoms with van der Waals surface area (Å²) >= 11 is 0. The molecule has 2 aliphatic heterocycles. The van der Waals surface area contributed by atoms with Crippen LogP contribution in [0.5, 0.6) is 0 Å². The van der Waals surface area contributed by atoms with E-state index in [1.807, 2.05) is 0 Å². The van der Waals surface area contributed by atoms with Gasteiger partial charge in [0.05, 0.1) is 17.1 Å². The Morgan fingerprint density at radius 2 is 1.07 bits per heavy atom. The number of nitrogens with zero attached hydrogens (tertiary/aromatic N) is 2. The Hall–Kier alpha value is -6.29. The molecule has 0 saturated carbocycles. The van der Waals surface area contributed by atoms with Crippen LogP contribution in [0.1, 0.15) is 60.1 Å². The first-order chi connectivity index (χ1) is 29.3. The van der Waals surface area contributed by atoms with Gasteiger partial charge in [0.1, 0.15) is 0 Å². The molecule has 0 unspecified atom stereocenters. The second-order valence-corrected chi connectivity index (χ2v) is 20.9. The van der Waals surface area contributed by atoms with Crippen molar-refractivity contribution in [3.63, 3.8) is 0 Å². The average Bonchev–Trinajstić information content (AvgIpc) is 3.85. The lowest BCUT2D eigenvalue weighted by molar-refractivity contribution is 0.660. The highest BCUT2D eigenvalue weighted by molar-refractivity contribution is 8.34. The number of anilines is 6. The van der Waals surface area contributed by atoms with Crippen LogP contribution in [0.3, 0.4) is 0 Å². The van der Waals surface area contributed by atoms with Crippen LogP contribution in [0.15, 0.2) is 180 Å². The third kappa shape index (κ3) is 5.63. The van der Waals surface area contributed by atoms with Crippen LogP contribution < -0.4 is 9.80 Å². The number of rotatable bonds is 6. The zero-order valence-electron chi connectivity index (χ0n) is 35.0. The third-order valence-corrected chi connectivity index (χ3v) is 17.9. The maximum absolute atomic E-state index is 2.56. The van der Waals surface area contributed by atoms with Gasteiger partial charge in [-0.2, -0.15) is 10.0 Å². The first kappa shape index (κ1) is 36.8. The molecule has 0 amide bonds. The summed E-state index contributed by atoms with van der Waals surface area (Å²) in [6.45, 7) is 9.19. The van der Waals surface area contributed by atoms with Gasteiger partial charge in [-0.05, 0) is 143 Å². The molecule has 1 fully saturated rings. The lowest BCUT2D eigenvalue weighted by Gasteiger charge is -2.47. The summed E-state index contributed by atoms with van der Waals surface area (Å²) in [6.07, 6.45) is 7.26. The molecule has 0 bridgehead atoms. The van der Waals surface area contributed by atoms with Crippen molar-refractivity contribution in [2.75, 3.05) is 21.3 Å². The van der Waals surface area contributed by atoms with Crippen LogP contribution in [0, 0.1) is 13.8 Å². The van der Waals surface area contributed by atoms with Crippen molar-refractivity contribution in [3.8, 4) is 11.1 Å². The van der Waals surface area contributed by atoms with Gasteiger partial charge in [-0.25, -0.2) is 0 Å². The van der Waals surface area contributed by atoms with Crippen LogP contribution >= 0.6 is 10.0 Å². The van der Waals surface area contributed by atoms with Gasteiger partial charge in [0.2, 0.25) is 0 Å². The number of hydrogen-bond donors (Lipinski definition) is 0. The smallest absolute Gasteiger partial charge is 0.0586 e. The first-order valence-corrected chi connectivity index (χ1v) is 23.5. The molecule has 2 nitrogen and oxygen atoms in total. The minimum atomic E-state index is -1.04. The molecular formula is C57H50N2S. The predicted octanol–water partition coefficient (Wildman–Crippen LogP) is 16.2. The summed E-state index contributed by atoms with van der Waals surface area (Å²) in [7, 11) is -1.04. The topological polar surface area (TPSA) is 6.48 Å². The molecule has 1 aliphatic carbocycles. The van der Waals surface area contributed by atoms with Crippen LogP contribution in [0.4, 0.5) is 34.1 Å².